The summed E-state index contributed by atoms with van der Waals surface area (Å²) in [6, 6.07) is 2.95. The first-order valence-electron chi connectivity index (χ1n) is 6.41. The van der Waals surface area contributed by atoms with E-state index in [4.69, 9.17) is 11.6 Å². The number of hydrogen-bond acceptors (Lipinski definition) is 3. The molecule has 1 aromatic rings. The van der Waals surface area contributed by atoms with Crippen molar-refractivity contribution < 1.29 is 22.7 Å². The summed E-state index contributed by atoms with van der Waals surface area (Å²) in [5.74, 6) is -1.86. The van der Waals surface area contributed by atoms with Gasteiger partial charge in [-0.1, -0.05) is 11.6 Å². The van der Waals surface area contributed by atoms with Gasteiger partial charge < -0.3 is 5.11 Å². The maximum Gasteiger partial charge on any atom is 0.324 e. The molecular weight excluding hydrogens is 321 g/mol. The number of hydrogen-bond donors (Lipinski definition) is 1. The van der Waals surface area contributed by atoms with Gasteiger partial charge in [0.2, 0.25) is 10.0 Å². The molecule has 21 heavy (non-hydrogen) atoms. The maximum absolute atomic E-state index is 13.1. The van der Waals surface area contributed by atoms with Gasteiger partial charge in [-0.05, 0) is 44.4 Å². The van der Waals surface area contributed by atoms with E-state index in [0.717, 1.165) is 22.5 Å². The number of carboxylic acids is 1. The first-order valence-corrected chi connectivity index (χ1v) is 8.23. The Hall–Kier alpha value is -1.18. The highest BCUT2D eigenvalue weighted by Gasteiger charge is 2.48. The maximum atomic E-state index is 13.1. The number of nitrogens with zero attached hydrogens (tertiary/aromatic N) is 1. The van der Waals surface area contributed by atoms with E-state index in [1.807, 2.05) is 0 Å². The third-order valence-electron chi connectivity index (χ3n) is 3.75. The highest BCUT2D eigenvalue weighted by molar-refractivity contribution is 7.89. The van der Waals surface area contributed by atoms with Gasteiger partial charge in [0.1, 0.15) is 16.3 Å². The van der Waals surface area contributed by atoms with Crippen LogP contribution >= 0.6 is 11.6 Å². The molecule has 1 aliphatic heterocycles. The average molecular weight is 336 g/mol. The van der Waals surface area contributed by atoms with Crippen LogP contribution in [0.1, 0.15) is 26.2 Å². The van der Waals surface area contributed by atoms with Gasteiger partial charge >= 0.3 is 5.97 Å². The Labute approximate surface area is 127 Å². The normalized spacial score (nSPS) is 24.0. The Kier molecular flexibility index (Phi) is 4.28. The van der Waals surface area contributed by atoms with Crippen molar-refractivity contribution in [3.63, 3.8) is 0 Å². The zero-order valence-electron chi connectivity index (χ0n) is 11.3. The molecule has 1 unspecified atom stereocenters. The molecule has 1 fully saturated rings. The lowest BCUT2D eigenvalue weighted by Crippen LogP contribution is -2.57. The van der Waals surface area contributed by atoms with E-state index in [0.29, 0.717) is 12.8 Å². The Balaban J connectivity index is 2.53. The summed E-state index contributed by atoms with van der Waals surface area (Å²) in [6.07, 6.45) is 1.42. The second kappa shape index (κ2) is 5.55. The molecule has 0 amide bonds. The van der Waals surface area contributed by atoms with Crippen LogP contribution in [0.3, 0.4) is 0 Å². The Morgan fingerprint density at radius 2 is 2.10 bits per heavy atom. The Morgan fingerprint density at radius 3 is 2.67 bits per heavy atom. The van der Waals surface area contributed by atoms with Crippen LogP contribution in [-0.4, -0.2) is 35.9 Å². The van der Waals surface area contributed by atoms with E-state index in [2.05, 4.69) is 0 Å². The standard InChI is InChI=1S/C13H15ClFNO4S/c1-13(12(17)18)6-2-3-7-16(13)21(19,20)11-5-4-9(15)8-10(11)14/h4-5,8H,2-3,6-7H2,1H3,(H,17,18). The van der Waals surface area contributed by atoms with Gasteiger partial charge in [0.05, 0.1) is 5.02 Å². The number of aliphatic carboxylic acids is 1. The first-order chi connectivity index (χ1) is 9.69. The van der Waals surface area contributed by atoms with Crippen molar-refractivity contribution in [2.45, 2.75) is 36.6 Å². The highest BCUT2D eigenvalue weighted by atomic mass is 35.5. The van der Waals surface area contributed by atoms with Crippen molar-refractivity contribution in [1.82, 2.24) is 4.31 Å². The molecule has 0 aliphatic carbocycles. The predicted octanol–water partition coefficient (Wildman–Crippen LogP) is 2.50. The van der Waals surface area contributed by atoms with Crippen LogP contribution in [-0.2, 0) is 14.8 Å². The van der Waals surface area contributed by atoms with Gasteiger partial charge in [-0.2, -0.15) is 4.31 Å². The molecule has 1 atom stereocenters. The Morgan fingerprint density at radius 1 is 1.43 bits per heavy atom. The van der Waals surface area contributed by atoms with Crippen LogP contribution in [0.5, 0.6) is 0 Å². The lowest BCUT2D eigenvalue weighted by atomic mass is 9.91. The third-order valence-corrected chi connectivity index (χ3v) is 6.25. The first kappa shape index (κ1) is 16.2. The molecule has 0 saturated carbocycles. The molecule has 0 spiro atoms. The minimum absolute atomic E-state index is 0.0961. The molecule has 5 nitrogen and oxygen atoms in total. The van der Waals surface area contributed by atoms with Crippen LogP contribution in [0.15, 0.2) is 23.1 Å². The van der Waals surface area contributed by atoms with E-state index in [1.54, 1.807) is 0 Å². The molecule has 1 saturated heterocycles. The number of benzene rings is 1. The number of sulfonamides is 1. The minimum atomic E-state index is -4.11. The molecule has 116 valence electrons. The minimum Gasteiger partial charge on any atom is -0.480 e. The summed E-state index contributed by atoms with van der Waals surface area (Å²) in [5, 5.41) is 9.14. The summed E-state index contributed by atoms with van der Waals surface area (Å²) in [6.45, 7) is 1.47. The third kappa shape index (κ3) is 2.77. The number of carbonyl (C=O) groups is 1. The molecule has 2 rings (SSSR count). The van der Waals surface area contributed by atoms with E-state index in [9.17, 15) is 22.7 Å². The van der Waals surface area contributed by atoms with E-state index in [1.165, 1.54) is 6.92 Å². The zero-order valence-corrected chi connectivity index (χ0v) is 12.9. The van der Waals surface area contributed by atoms with E-state index in [-0.39, 0.29) is 22.9 Å². The zero-order chi connectivity index (χ0) is 15.8. The predicted molar refractivity (Wildman–Crippen MR) is 75.2 cm³/mol. The second-order valence-electron chi connectivity index (χ2n) is 5.19. The molecule has 1 aromatic carbocycles. The molecule has 0 bridgehead atoms. The fraction of sp³-hybridized carbons (Fsp3) is 0.462. The van der Waals surface area contributed by atoms with Crippen molar-refractivity contribution in [2.24, 2.45) is 0 Å². The highest BCUT2D eigenvalue weighted by Crippen LogP contribution is 2.35. The van der Waals surface area contributed by atoms with Crippen LogP contribution in [0.25, 0.3) is 0 Å². The van der Waals surface area contributed by atoms with Crippen LogP contribution in [0, 0.1) is 5.82 Å². The fourth-order valence-electron chi connectivity index (χ4n) is 2.50. The monoisotopic (exact) mass is 335 g/mol. The number of halogens is 2. The van der Waals surface area contributed by atoms with Gasteiger partial charge in [-0.25, -0.2) is 12.8 Å². The summed E-state index contributed by atoms with van der Waals surface area (Å²) in [7, 11) is -4.11. The van der Waals surface area contributed by atoms with Crippen LogP contribution < -0.4 is 0 Å². The summed E-state index contributed by atoms with van der Waals surface area (Å²) < 4.78 is 39.4. The van der Waals surface area contributed by atoms with E-state index >= 15 is 0 Å². The lowest BCUT2D eigenvalue weighted by Gasteiger charge is -2.40. The smallest absolute Gasteiger partial charge is 0.324 e. The number of carboxylic acid groups (broad SMARTS) is 1. The topological polar surface area (TPSA) is 74.7 Å². The summed E-state index contributed by atoms with van der Waals surface area (Å²) >= 11 is 5.81. The molecule has 0 radical (unpaired) electrons. The van der Waals surface area contributed by atoms with Crippen molar-refractivity contribution in [2.75, 3.05) is 6.54 Å². The van der Waals surface area contributed by atoms with Gasteiger partial charge in [0.25, 0.3) is 0 Å². The van der Waals surface area contributed by atoms with Crippen LogP contribution in [0.4, 0.5) is 4.39 Å². The van der Waals surface area contributed by atoms with Crippen molar-refractivity contribution in [3.8, 4) is 0 Å². The molecule has 1 aliphatic rings. The van der Waals surface area contributed by atoms with Crippen molar-refractivity contribution in [3.05, 3.63) is 29.0 Å². The summed E-state index contributed by atoms with van der Waals surface area (Å²) in [5.41, 5.74) is -1.52. The fourth-order valence-corrected chi connectivity index (χ4v) is 4.81. The summed E-state index contributed by atoms with van der Waals surface area (Å²) in [4.78, 5) is 11.2. The quantitative estimate of drug-likeness (QED) is 0.921. The SMILES string of the molecule is CC1(C(=O)O)CCCCN1S(=O)(=O)c1ccc(F)cc1Cl. The number of piperidine rings is 1. The van der Waals surface area contributed by atoms with Gasteiger partial charge in [0.15, 0.2) is 0 Å². The Bertz CT molecular complexity index is 679. The van der Waals surface area contributed by atoms with Gasteiger partial charge in [-0.3, -0.25) is 4.79 Å². The van der Waals surface area contributed by atoms with Crippen molar-refractivity contribution >= 4 is 27.6 Å². The average Bonchev–Trinajstić information content (AvgIpc) is 2.38. The van der Waals surface area contributed by atoms with E-state index < -0.39 is 27.3 Å². The molecule has 0 aromatic heterocycles. The number of rotatable bonds is 3. The molecule has 1 heterocycles. The largest absolute Gasteiger partial charge is 0.480 e. The van der Waals surface area contributed by atoms with Crippen LogP contribution in [0.2, 0.25) is 5.02 Å². The second-order valence-corrected chi connectivity index (χ2v) is 7.43. The molecule has 1 N–H and O–H groups in total. The lowest BCUT2D eigenvalue weighted by molar-refractivity contribution is -0.149. The van der Waals surface area contributed by atoms with Gasteiger partial charge in [-0.15, -0.1) is 0 Å². The van der Waals surface area contributed by atoms with Gasteiger partial charge in [0, 0.05) is 6.54 Å². The molecule has 8 heteroatoms. The van der Waals surface area contributed by atoms with Crippen molar-refractivity contribution in [1.29, 1.82) is 0 Å². The molecular formula is C13H15ClFNO4S.